The molecule has 0 aromatic heterocycles. The van der Waals surface area contributed by atoms with Crippen LogP contribution in [-0.4, -0.2) is 23.4 Å². The molecule has 1 saturated heterocycles. The van der Waals surface area contributed by atoms with Crippen LogP contribution in [0.4, 0.5) is 0 Å². The third-order valence-electron chi connectivity index (χ3n) is 8.09. The van der Waals surface area contributed by atoms with Crippen molar-refractivity contribution in [2.24, 2.45) is 35.0 Å². The highest BCUT2D eigenvalue weighted by Crippen LogP contribution is 2.61. The fourth-order valence-corrected chi connectivity index (χ4v) is 6.78. The van der Waals surface area contributed by atoms with Crippen molar-refractivity contribution in [2.45, 2.75) is 71.0 Å². The van der Waals surface area contributed by atoms with Gasteiger partial charge in [0.1, 0.15) is 11.7 Å². The van der Waals surface area contributed by atoms with E-state index in [1.807, 2.05) is 0 Å². The molecule has 0 aromatic rings. The summed E-state index contributed by atoms with van der Waals surface area (Å²) in [6.07, 6.45) is 14.6. The largest absolute Gasteiger partial charge is 0.380 e. The molecule has 0 radical (unpaired) electrons. The SMILES string of the molecule is C#CC(O)C1(C)CCC2C3CCC4(C=C3C[C@@H](C)C2C1CC)CO4. The normalized spacial score (nSPS) is 51.1. The molecule has 4 rings (SSSR count). The number of aliphatic hydroxyl groups excluding tert-OH is 1. The Bertz CT molecular complexity index is 581. The third-order valence-corrected chi connectivity index (χ3v) is 8.09. The minimum atomic E-state index is -0.609. The number of ether oxygens (including phenoxy) is 1. The van der Waals surface area contributed by atoms with Crippen LogP contribution in [0.15, 0.2) is 11.6 Å². The molecule has 2 nitrogen and oxygen atoms in total. The van der Waals surface area contributed by atoms with Crippen molar-refractivity contribution < 1.29 is 9.84 Å². The van der Waals surface area contributed by atoms with Crippen molar-refractivity contribution in [3.63, 3.8) is 0 Å². The molecule has 2 heteroatoms. The van der Waals surface area contributed by atoms with Crippen molar-refractivity contribution in [1.29, 1.82) is 0 Å². The molecule has 4 aliphatic rings. The summed E-state index contributed by atoms with van der Waals surface area (Å²) in [4.78, 5) is 0. The van der Waals surface area contributed by atoms with E-state index < -0.39 is 6.10 Å². The van der Waals surface area contributed by atoms with E-state index >= 15 is 0 Å². The fourth-order valence-electron chi connectivity index (χ4n) is 6.78. The number of fused-ring (bicyclic) bond motifs is 3. The maximum Gasteiger partial charge on any atom is 0.120 e. The molecule has 2 saturated carbocycles. The van der Waals surface area contributed by atoms with Gasteiger partial charge in [-0.05, 0) is 61.7 Å². The van der Waals surface area contributed by atoms with Gasteiger partial charge in [-0.2, -0.15) is 0 Å². The zero-order chi connectivity index (χ0) is 17.1. The Morgan fingerprint density at radius 3 is 2.79 bits per heavy atom. The van der Waals surface area contributed by atoms with E-state index in [1.165, 1.54) is 25.7 Å². The summed E-state index contributed by atoms with van der Waals surface area (Å²) in [5, 5.41) is 10.6. The van der Waals surface area contributed by atoms with Gasteiger partial charge in [-0.25, -0.2) is 0 Å². The number of hydrogen-bond donors (Lipinski definition) is 1. The fraction of sp³-hybridized carbons (Fsp3) is 0.818. The molecule has 1 aliphatic heterocycles. The highest BCUT2D eigenvalue weighted by Gasteiger charge is 2.56. The maximum absolute atomic E-state index is 10.6. The minimum Gasteiger partial charge on any atom is -0.380 e. The highest BCUT2D eigenvalue weighted by atomic mass is 16.6. The molecular formula is C22H32O2. The molecule has 3 fully saturated rings. The van der Waals surface area contributed by atoms with E-state index in [2.05, 4.69) is 32.8 Å². The molecule has 0 amide bonds. The summed E-state index contributed by atoms with van der Waals surface area (Å²) in [6, 6.07) is 0. The Morgan fingerprint density at radius 2 is 2.17 bits per heavy atom. The number of aliphatic hydroxyl groups is 1. The monoisotopic (exact) mass is 328 g/mol. The van der Waals surface area contributed by atoms with Gasteiger partial charge in [0.2, 0.25) is 0 Å². The minimum absolute atomic E-state index is 0.115. The van der Waals surface area contributed by atoms with Gasteiger partial charge in [0, 0.05) is 5.41 Å². The van der Waals surface area contributed by atoms with Crippen LogP contribution in [0, 0.1) is 47.3 Å². The Hall–Kier alpha value is -0.780. The molecular weight excluding hydrogens is 296 g/mol. The topological polar surface area (TPSA) is 32.8 Å². The zero-order valence-electron chi connectivity index (χ0n) is 15.4. The number of epoxide rings is 1. The van der Waals surface area contributed by atoms with E-state index in [0.29, 0.717) is 17.8 Å². The van der Waals surface area contributed by atoms with Crippen molar-refractivity contribution in [2.75, 3.05) is 6.61 Å². The quantitative estimate of drug-likeness (QED) is 0.468. The standard InChI is InChI=1S/C22H32O2/c1-5-18-20-14(3)11-15-12-22(13-24-22)10-8-16(15)17(20)7-9-21(18,4)19(23)6-2/h2,12,14,16-20,23H,5,7-11,13H2,1,3-4H3/t14-,16?,17?,18?,19?,20?,21?,22?/m1/s1. The molecule has 8 atom stereocenters. The van der Waals surface area contributed by atoms with Gasteiger partial charge >= 0.3 is 0 Å². The molecule has 132 valence electrons. The van der Waals surface area contributed by atoms with Crippen LogP contribution in [0.2, 0.25) is 0 Å². The highest BCUT2D eigenvalue weighted by molar-refractivity contribution is 5.27. The Kier molecular flexibility index (Phi) is 3.90. The van der Waals surface area contributed by atoms with E-state index in [9.17, 15) is 5.11 Å². The molecule has 3 aliphatic carbocycles. The lowest BCUT2D eigenvalue weighted by molar-refractivity contribution is -0.0917. The predicted molar refractivity (Wildman–Crippen MR) is 96.2 cm³/mol. The molecule has 1 N–H and O–H groups in total. The first kappa shape index (κ1) is 16.7. The molecule has 1 heterocycles. The second-order valence-electron chi connectivity index (χ2n) is 9.27. The van der Waals surface area contributed by atoms with Crippen LogP contribution in [0.5, 0.6) is 0 Å². The van der Waals surface area contributed by atoms with Gasteiger partial charge in [0.25, 0.3) is 0 Å². The summed E-state index contributed by atoms with van der Waals surface area (Å²) < 4.78 is 5.75. The lowest BCUT2D eigenvalue weighted by Crippen LogP contribution is -2.53. The van der Waals surface area contributed by atoms with Gasteiger partial charge in [0.05, 0.1) is 6.61 Å². The van der Waals surface area contributed by atoms with Gasteiger partial charge in [0.15, 0.2) is 0 Å². The predicted octanol–water partition coefficient (Wildman–Crippen LogP) is 4.18. The van der Waals surface area contributed by atoms with Crippen LogP contribution in [0.1, 0.15) is 59.3 Å². The van der Waals surface area contributed by atoms with E-state index in [4.69, 9.17) is 11.2 Å². The van der Waals surface area contributed by atoms with E-state index in [0.717, 1.165) is 31.3 Å². The Morgan fingerprint density at radius 1 is 1.42 bits per heavy atom. The van der Waals surface area contributed by atoms with Crippen LogP contribution < -0.4 is 0 Å². The molecule has 0 aromatic carbocycles. The first-order valence-electron chi connectivity index (χ1n) is 9.94. The second kappa shape index (κ2) is 5.61. The lowest BCUT2D eigenvalue weighted by Gasteiger charge is -2.57. The smallest absolute Gasteiger partial charge is 0.120 e. The number of allylic oxidation sites excluding steroid dienone is 1. The summed E-state index contributed by atoms with van der Waals surface area (Å²) in [5.74, 6) is 6.10. The average Bonchev–Trinajstić information content (AvgIpc) is 3.32. The average molecular weight is 328 g/mol. The van der Waals surface area contributed by atoms with Crippen molar-refractivity contribution in [3.05, 3.63) is 11.6 Å². The van der Waals surface area contributed by atoms with Gasteiger partial charge in [-0.3, -0.25) is 0 Å². The number of rotatable bonds is 2. The van der Waals surface area contributed by atoms with Gasteiger partial charge in [-0.1, -0.05) is 44.8 Å². The third kappa shape index (κ3) is 2.31. The lowest BCUT2D eigenvalue weighted by atomic mass is 9.47. The van der Waals surface area contributed by atoms with Crippen molar-refractivity contribution in [3.8, 4) is 12.3 Å². The van der Waals surface area contributed by atoms with E-state index in [-0.39, 0.29) is 11.0 Å². The van der Waals surface area contributed by atoms with Crippen LogP contribution in [-0.2, 0) is 4.74 Å². The van der Waals surface area contributed by atoms with Crippen LogP contribution >= 0.6 is 0 Å². The summed E-state index contributed by atoms with van der Waals surface area (Å²) in [7, 11) is 0. The van der Waals surface area contributed by atoms with E-state index in [1.54, 1.807) is 5.57 Å². The number of hydrogen-bond acceptors (Lipinski definition) is 2. The molecule has 0 bridgehead atoms. The van der Waals surface area contributed by atoms with Crippen molar-refractivity contribution in [1.82, 2.24) is 0 Å². The summed E-state index contributed by atoms with van der Waals surface area (Å²) in [5.41, 5.74) is 1.70. The summed E-state index contributed by atoms with van der Waals surface area (Å²) >= 11 is 0. The van der Waals surface area contributed by atoms with Crippen molar-refractivity contribution >= 4 is 0 Å². The number of terminal acetylenes is 1. The van der Waals surface area contributed by atoms with Gasteiger partial charge < -0.3 is 9.84 Å². The molecule has 24 heavy (non-hydrogen) atoms. The first-order valence-corrected chi connectivity index (χ1v) is 9.94. The Labute approximate surface area is 147 Å². The maximum atomic E-state index is 10.6. The molecule has 1 spiro atoms. The van der Waals surface area contributed by atoms with Crippen LogP contribution in [0.25, 0.3) is 0 Å². The second-order valence-corrected chi connectivity index (χ2v) is 9.27. The van der Waals surface area contributed by atoms with Gasteiger partial charge in [-0.15, -0.1) is 6.42 Å². The molecule has 7 unspecified atom stereocenters. The first-order chi connectivity index (χ1) is 11.4. The van der Waals surface area contributed by atoms with Crippen LogP contribution in [0.3, 0.4) is 0 Å². The Balaban J connectivity index is 1.66. The summed E-state index contributed by atoms with van der Waals surface area (Å²) in [6.45, 7) is 7.91. The zero-order valence-corrected chi connectivity index (χ0v) is 15.4.